The zero-order valence-corrected chi connectivity index (χ0v) is 7.68. The molecule has 0 aliphatic heterocycles. The van der Waals surface area contributed by atoms with Crippen molar-refractivity contribution in [1.29, 1.82) is 0 Å². The highest BCUT2D eigenvalue weighted by molar-refractivity contribution is 5.46. The topological polar surface area (TPSA) is 40.5 Å². The average molecular weight is 166 g/mol. The lowest BCUT2D eigenvalue weighted by Crippen LogP contribution is -1.95. The van der Waals surface area contributed by atoms with E-state index in [4.69, 9.17) is 5.11 Å². The fraction of sp³-hybridized carbons (Fsp3) is 0.400. The molecule has 0 spiro atoms. The summed E-state index contributed by atoms with van der Waals surface area (Å²) in [5.74, 6) is 0.193. The van der Waals surface area contributed by atoms with Crippen molar-refractivity contribution in [3.05, 3.63) is 28.3 Å². The highest BCUT2D eigenvalue weighted by Gasteiger charge is 2.08. The summed E-state index contributed by atoms with van der Waals surface area (Å²) in [7, 11) is 0. The van der Waals surface area contributed by atoms with E-state index in [0.29, 0.717) is 5.56 Å². The quantitative estimate of drug-likeness (QED) is 0.668. The molecule has 0 unspecified atom stereocenters. The smallest absolute Gasteiger partial charge is 0.121 e. The molecule has 2 nitrogen and oxygen atoms in total. The summed E-state index contributed by atoms with van der Waals surface area (Å²) in [6, 6.07) is 1.69. The number of aliphatic hydroxyl groups is 1. The molecule has 0 aliphatic rings. The van der Waals surface area contributed by atoms with E-state index in [-0.39, 0.29) is 12.4 Å². The Labute approximate surface area is 72.5 Å². The Morgan fingerprint density at radius 1 is 1.17 bits per heavy atom. The predicted octanol–water partition coefficient (Wildman–Crippen LogP) is 1.81. The number of benzene rings is 1. The molecule has 0 saturated heterocycles. The second-order valence-corrected chi connectivity index (χ2v) is 3.10. The number of hydrogen-bond acceptors (Lipinski definition) is 2. The molecule has 1 aromatic carbocycles. The molecular formula is C10H14O2. The first-order valence-corrected chi connectivity index (χ1v) is 3.97. The number of aryl methyl sites for hydroxylation is 1. The Balaban J connectivity index is 3.40. The van der Waals surface area contributed by atoms with E-state index in [9.17, 15) is 5.11 Å². The van der Waals surface area contributed by atoms with Gasteiger partial charge in [0.25, 0.3) is 0 Å². The lowest BCUT2D eigenvalue weighted by atomic mass is 9.98. The maximum atomic E-state index is 9.44. The largest absolute Gasteiger partial charge is 0.508 e. The standard InChI is InChI=1S/C10H14O2/c1-6-4-10(12)9(5-11)8(3)7(6)2/h4,11-12H,5H2,1-3H3. The summed E-state index contributed by atoms with van der Waals surface area (Å²) in [4.78, 5) is 0. The van der Waals surface area contributed by atoms with Gasteiger partial charge in [0.1, 0.15) is 5.75 Å². The molecular weight excluding hydrogens is 152 g/mol. The van der Waals surface area contributed by atoms with Crippen molar-refractivity contribution in [1.82, 2.24) is 0 Å². The summed E-state index contributed by atoms with van der Waals surface area (Å²) < 4.78 is 0. The molecule has 12 heavy (non-hydrogen) atoms. The Hall–Kier alpha value is -1.02. The van der Waals surface area contributed by atoms with Gasteiger partial charge in [-0.05, 0) is 43.5 Å². The molecule has 0 heterocycles. The lowest BCUT2D eigenvalue weighted by Gasteiger charge is -2.11. The van der Waals surface area contributed by atoms with E-state index < -0.39 is 0 Å². The van der Waals surface area contributed by atoms with Crippen LogP contribution in [0.4, 0.5) is 0 Å². The molecule has 0 aliphatic carbocycles. The maximum Gasteiger partial charge on any atom is 0.121 e. The minimum atomic E-state index is -0.0984. The van der Waals surface area contributed by atoms with Crippen molar-refractivity contribution >= 4 is 0 Å². The van der Waals surface area contributed by atoms with Crippen LogP contribution in [0.2, 0.25) is 0 Å². The first kappa shape index (κ1) is 9.07. The van der Waals surface area contributed by atoms with E-state index >= 15 is 0 Å². The third-order valence-electron chi connectivity index (χ3n) is 2.43. The van der Waals surface area contributed by atoms with Crippen LogP contribution < -0.4 is 0 Å². The zero-order chi connectivity index (χ0) is 9.30. The van der Waals surface area contributed by atoms with Gasteiger partial charge in [-0.15, -0.1) is 0 Å². The van der Waals surface area contributed by atoms with Crippen molar-refractivity contribution in [3.63, 3.8) is 0 Å². The SMILES string of the molecule is Cc1cc(O)c(CO)c(C)c1C. The minimum absolute atomic E-state index is 0.0984. The number of hydrogen-bond donors (Lipinski definition) is 2. The number of phenols is 1. The molecule has 2 N–H and O–H groups in total. The van der Waals surface area contributed by atoms with Crippen LogP contribution in [0.5, 0.6) is 5.75 Å². The summed E-state index contributed by atoms with van der Waals surface area (Å²) in [6.07, 6.45) is 0. The predicted molar refractivity (Wildman–Crippen MR) is 48.2 cm³/mol. The van der Waals surface area contributed by atoms with Crippen molar-refractivity contribution in [2.75, 3.05) is 0 Å². The summed E-state index contributed by atoms with van der Waals surface area (Å²) in [5, 5.41) is 18.4. The normalized spacial score (nSPS) is 10.3. The van der Waals surface area contributed by atoms with Gasteiger partial charge in [0.15, 0.2) is 0 Å². The Bertz CT molecular complexity index is 303. The summed E-state index contributed by atoms with van der Waals surface area (Å²) in [5.41, 5.74) is 3.81. The molecule has 66 valence electrons. The third kappa shape index (κ3) is 1.30. The van der Waals surface area contributed by atoms with Gasteiger partial charge in [-0.2, -0.15) is 0 Å². The van der Waals surface area contributed by atoms with E-state index in [1.165, 1.54) is 0 Å². The molecule has 0 fully saturated rings. The number of aliphatic hydroxyl groups excluding tert-OH is 1. The molecule has 1 rings (SSSR count). The van der Waals surface area contributed by atoms with Gasteiger partial charge in [-0.1, -0.05) is 0 Å². The molecule has 0 aromatic heterocycles. The molecule has 0 radical (unpaired) electrons. The van der Waals surface area contributed by atoms with E-state index in [0.717, 1.165) is 16.7 Å². The van der Waals surface area contributed by atoms with Crippen LogP contribution in [0.1, 0.15) is 22.3 Å². The van der Waals surface area contributed by atoms with Crippen molar-refractivity contribution < 1.29 is 10.2 Å². The molecule has 0 bridgehead atoms. The van der Waals surface area contributed by atoms with Crippen LogP contribution in [0.15, 0.2) is 6.07 Å². The zero-order valence-electron chi connectivity index (χ0n) is 7.68. The first-order chi connectivity index (χ1) is 5.57. The highest BCUT2D eigenvalue weighted by atomic mass is 16.3. The van der Waals surface area contributed by atoms with Crippen LogP contribution in [0.25, 0.3) is 0 Å². The third-order valence-corrected chi connectivity index (χ3v) is 2.43. The van der Waals surface area contributed by atoms with E-state index in [1.807, 2.05) is 20.8 Å². The lowest BCUT2D eigenvalue weighted by molar-refractivity contribution is 0.274. The van der Waals surface area contributed by atoms with Crippen molar-refractivity contribution in [3.8, 4) is 5.75 Å². The van der Waals surface area contributed by atoms with Crippen molar-refractivity contribution in [2.24, 2.45) is 0 Å². The van der Waals surface area contributed by atoms with E-state index in [1.54, 1.807) is 6.07 Å². The van der Waals surface area contributed by atoms with Gasteiger partial charge in [0, 0.05) is 5.56 Å². The number of rotatable bonds is 1. The van der Waals surface area contributed by atoms with Crippen LogP contribution >= 0.6 is 0 Å². The van der Waals surface area contributed by atoms with Crippen LogP contribution in [0, 0.1) is 20.8 Å². The van der Waals surface area contributed by atoms with Crippen LogP contribution in [0.3, 0.4) is 0 Å². The molecule has 0 amide bonds. The van der Waals surface area contributed by atoms with Crippen LogP contribution in [-0.2, 0) is 6.61 Å². The molecule has 0 saturated carbocycles. The second kappa shape index (κ2) is 3.15. The Morgan fingerprint density at radius 2 is 1.75 bits per heavy atom. The highest BCUT2D eigenvalue weighted by Crippen LogP contribution is 2.26. The molecule has 0 atom stereocenters. The van der Waals surface area contributed by atoms with Gasteiger partial charge in [0.2, 0.25) is 0 Å². The summed E-state index contributed by atoms with van der Waals surface area (Å²) >= 11 is 0. The monoisotopic (exact) mass is 166 g/mol. The van der Waals surface area contributed by atoms with E-state index in [2.05, 4.69) is 0 Å². The average Bonchev–Trinajstić information content (AvgIpc) is 2.01. The van der Waals surface area contributed by atoms with Crippen LogP contribution in [-0.4, -0.2) is 10.2 Å². The first-order valence-electron chi connectivity index (χ1n) is 3.97. The Kier molecular flexibility index (Phi) is 2.38. The van der Waals surface area contributed by atoms with Gasteiger partial charge >= 0.3 is 0 Å². The summed E-state index contributed by atoms with van der Waals surface area (Å²) in [6.45, 7) is 5.75. The molecule has 1 aromatic rings. The fourth-order valence-corrected chi connectivity index (χ4v) is 1.31. The maximum absolute atomic E-state index is 9.44. The minimum Gasteiger partial charge on any atom is -0.508 e. The fourth-order valence-electron chi connectivity index (χ4n) is 1.31. The van der Waals surface area contributed by atoms with Crippen molar-refractivity contribution in [2.45, 2.75) is 27.4 Å². The van der Waals surface area contributed by atoms with Gasteiger partial charge < -0.3 is 10.2 Å². The van der Waals surface area contributed by atoms with Gasteiger partial charge in [-0.3, -0.25) is 0 Å². The Morgan fingerprint density at radius 3 is 2.25 bits per heavy atom. The molecule has 2 heteroatoms. The number of aromatic hydroxyl groups is 1. The van der Waals surface area contributed by atoms with Gasteiger partial charge in [-0.25, -0.2) is 0 Å². The van der Waals surface area contributed by atoms with Gasteiger partial charge in [0.05, 0.1) is 6.61 Å². The second-order valence-electron chi connectivity index (χ2n) is 3.10.